The molecule has 1 heterocycles. The van der Waals surface area contributed by atoms with Crippen molar-refractivity contribution in [2.24, 2.45) is 5.92 Å². The van der Waals surface area contributed by atoms with Crippen LogP contribution in [0.15, 0.2) is 18.2 Å². The Kier molecular flexibility index (Phi) is 4.83. The summed E-state index contributed by atoms with van der Waals surface area (Å²) >= 11 is 6.21. The lowest BCUT2D eigenvalue weighted by Gasteiger charge is -2.22. The maximum absolute atomic E-state index is 12.4. The standard InChI is InChI=1S/C15H20ClNO2/c1-10(2)19-12-5-6-13(14(16)8-12)15(18)11-4-3-7-17-9-11/h5-6,8,10-11,17H,3-4,7,9H2,1-2H3. The van der Waals surface area contributed by atoms with E-state index in [1.165, 1.54) is 0 Å². The molecule has 0 bridgehead atoms. The highest BCUT2D eigenvalue weighted by molar-refractivity contribution is 6.34. The lowest BCUT2D eigenvalue weighted by atomic mass is 9.91. The predicted molar refractivity (Wildman–Crippen MR) is 77.1 cm³/mol. The van der Waals surface area contributed by atoms with Gasteiger partial charge in [-0.05, 0) is 51.4 Å². The van der Waals surface area contributed by atoms with Crippen molar-refractivity contribution in [2.45, 2.75) is 32.8 Å². The van der Waals surface area contributed by atoms with Gasteiger partial charge in [0.1, 0.15) is 5.75 Å². The summed E-state index contributed by atoms with van der Waals surface area (Å²) in [7, 11) is 0. The van der Waals surface area contributed by atoms with Crippen molar-refractivity contribution in [3.05, 3.63) is 28.8 Å². The van der Waals surface area contributed by atoms with Crippen LogP contribution >= 0.6 is 11.6 Å². The monoisotopic (exact) mass is 281 g/mol. The van der Waals surface area contributed by atoms with E-state index in [9.17, 15) is 4.79 Å². The molecule has 1 fully saturated rings. The van der Waals surface area contributed by atoms with Crippen LogP contribution in [0.3, 0.4) is 0 Å². The first-order valence-electron chi connectivity index (χ1n) is 6.79. The topological polar surface area (TPSA) is 38.3 Å². The van der Waals surface area contributed by atoms with Crippen LogP contribution in [0.4, 0.5) is 0 Å². The van der Waals surface area contributed by atoms with E-state index in [1.54, 1.807) is 12.1 Å². The highest BCUT2D eigenvalue weighted by Gasteiger charge is 2.24. The first-order valence-corrected chi connectivity index (χ1v) is 7.17. The zero-order chi connectivity index (χ0) is 13.8. The average Bonchev–Trinajstić information content (AvgIpc) is 2.38. The van der Waals surface area contributed by atoms with Crippen LogP contribution in [-0.4, -0.2) is 25.0 Å². The lowest BCUT2D eigenvalue weighted by Crippen LogP contribution is -2.34. The average molecular weight is 282 g/mol. The SMILES string of the molecule is CC(C)Oc1ccc(C(=O)C2CCCNC2)c(Cl)c1. The Bertz CT molecular complexity index is 453. The highest BCUT2D eigenvalue weighted by atomic mass is 35.5. The second-order valence-corrected chi connectivity index (χ2v) is 5.62. The van der Waals surface area contributed by atoms with E-state index in [0.29, 0.717) is 16.3 Å². The van der Waals surface area contributed by atoms with Crippen molar-refractivity contribution < 1.29 is 9.53 Å². The summed E-state index contributed by atoms with van der Waals surface area (Å²) in [5.41, 5.74) is 0.603. The van der Waals surface area contributed by atoms with E-state index < -0.39 is 0 Å². The van der Waals surface area contributed by atoms with E-state index in [2.05, 4.69) is 5.32 Å². The van der Waals surface area contributed by atoms with Gasteiger partial charge in [0.2, 0.25) is 0 Å². The maximum atomic E-state index is 12.4. The third-order valence-corrected chi connectivity index (χ3v) is 3.56. The molecule has 1 unspecified atom stereocenters. The Labute approximate surface area is 119 Å². The summed E-state index contributed by atoms with van der Waals surface area (Å²) in [6.45, 7) is 5.67. The molecule has 1 aromatic carbocycles. The molecule has 1 atom stereocenters. The third kappa shape index (κ3) is 3.71. The molecular formula is C15H20ClNO2. The van der Waals surface area contributed by atoms with Gasteiger partial charge in [-0.25, -0.2) is 0 Å². The van der Waals surface area contributed by atoms with Crippen LogP contribution in [-0.2, 0) is 0 Å². The molecule has 0 aliphatic carbocycles. The van der Waals surface area contributed by atoms with Gasteiger partial charge >= 0.3 is 0 Å². The molecule has 0 radical (unpaired) electrons. The van der Waals surface area contributed by atoms with Crippen molar-refractivity contribution in [2.75, 3.05) is 13.1 Å². The van der Waals surface area contributed by atoms with Gasteiger partial charge in [-0.3, -0.25) is 4.79 Å². The summed E-state index contributed by atoms with van der Waals surface area (Å²) in [6, 6.07) is 5.32. The zero-order valence-electron chi connectivity index (χ0n) is 11.4. The van der Waals surface area contributed by atoms with Gasteiger partial charge in [0.25, 0.3) is 0 Å². The number of hydrogen-bond donors (Lipinski definition) is 1. The molecule has 1 aliphatic rings. The normalized spacial score (nSPS) is 19.5. The lowest BCUT2D eigenvalue weighted by molar-refractivity contribution is 0.0900. The largest absolute Gasteiger partial charge is 0.491 e. The molecule has 4 heteroatoms. The van der Waals surface area contributed by atoms with Crippen LogP contribution < -0.4 is 10.1 Å². The van der Waals surface area contributed by atoms with E-state index in [4.69, 9.17) is 16.3 Å². The quantitative estimate of drug-likeness (QED) is 0.861. The van der Waals surface area contributed by atoms with Crippen molar-refractivity contribution in [3.8, 4) is 5.75 Å². The van der Waals surface area contributed by atoms with Gasteiger partial charge in [0.05, 0.1) is 11.1 Å². The fourth-order valence-electron chi connectivity index (χ4n) is 2.34. The summed E-state index contributed by atoms with van der Waals surface area (Å²) < 4.78 is 5.57. The minimum absolute atomic E-state index is 0.0446. The molecule has 1 N–H and O–H groups in total. The molecule has 1 saturated heterocycles. The number of ether oxygens (including phenoxy) is 1. The van der Waals surface area contributed by atoms with E-state index >= 15 is 0 Å². The Morgan fingerprint density at radius 2 is 2.26 bits per heavy atom. The van der Waals surface area contributed by atoms with Crippen molar-refractivity contribution in [1.82, 2.24) is 5.32 Å². The number of benzene rings is 1. The van der Waals surface area contributed by atoms with Gasteiger partial charge in [0.15, 0.2) is 5.78 Å². The maximum Gasteiger partial charge on any atom is 0.168 e. The number of ketones is 1. The van der Waals surface area contributed by atoms with Gasteiger partial charge in [0, 0.05) is 18.0 Å². The smallest absolute Gasteiger partial charge is 0.168 e. The minimum atomic E-state index is 0.0446. The van der Waals surface area contributed by atoms with Gasteiger partial charge in [-0.1, -0.05) is 11.6 Å². The number of carbonyl (C=O) groups is 1. The van der Waals surface area contributed by atoms with Gasteiger partial charge in [-0.15, -0.1) is 0 Å². The predicted octanol–water partition coefficient (Wildman–Crippen LogP) is 3.31. The first-order chi connectivity index (χ1) is 9.08. The zero-order valence-corrected chi connectivity index (χ0v) is 12.2. The Balaban J connectivity index is 2.13. The summed E-state index contributed by atoms with van der Waals surface area (Å²) in [6.07, 6.45) is 2.08. The van der Waals surface area contributed by atoms with Crippen molar-refractivity contribution in [1.29, 1.82) is 0 Å². The molecule has 0 spiro atoms. The fourth-order valence-corrected chi connectivity index (χ4v) is 2.60. The van der Waals surface area contributed by atoms with Crippen LogP contribution in [0.5, 0.6) is 5.75 Å². The number of halogens is 1. The minimum Gasteiger partial charge on any atom is -0.491 e. The first kappa shape index (κ1) is 14.4. The number of rotatable bonds is 4. The Morgan fingerprint density at radius 1 is 1.47 bits per heavy atom. The Morgan fingerprint density at radius 3 is 2.84 bits per heavy atom. The molecule has 3 nitrogen and oxygen atoms in total. The number of Topliss-reactive ketones (excluding diaryl/α,β-unsaturated/α-hetero) is 1. The van der Waals surface area contributed by atoms with E-state index in [0.717, 1.165) is 25.9 Å². The van der Waals surface area contributed by atoms with Gasteiger partial charge < -0.3 is 10.1 Å². The van der Waals surface area contributed by atoms with E-state index in [1.807, 2.05) is 19.9 Å². The summed E-state index contributed by atoms with van der Waals surface area (Å²) in [5.74, 6) is 0.884. The molecular weight excluding hydrogens is 262 g/mol. The van der Waals surface area contributed by atoms with Crippen LogP contribution in [0.2, 0.25) is 5.02 Å². The molecule has 0 amide bonds. The van der Waals surface area contributed by atoms with Crippen molar-refractivity contribution >= 4 is 17.4 Å². The summed E-state index contributed by atoms with van der Waals surface area (Å²) in [5, 5.41) is 3.73. The fraction of sp³-hybridized carbons (Fsp3) is 0.533. The second kappa shape index (κ2) is 6.40. The van der Waals surface area contributed by atoms with Crippen LogP contribution in [0, 0.1) is 5.92 Å². The van der Waals surface area contributed by atoms with E-state index in [-0.39, 0.29) is 17.8 Å². The molecule has 2 rings (SSSR count). The molecule has 0 aromatic heterocycles. The number of hydrogen-bond acceptors (Lipinski definition) is 3. The molecule has 1 aliphatic heterocycles. The second-order valence-electron chi connectivity index (χ2n) is 5.22. The van der Waals surface area contributed by atoms with Gasteiger partial charge in [-0.2, -0.15) is 0 Å². The third-order valence-electron chi connectivity index (χ3n) is 3.25. The molecule has 1 aromatic rings. The Hall–Kier alpha value is -1.06. The molecule has 104 valence electrons. The number of nitrogens with one attached hydrogen (secondary N) is 1. The molecule has 0 saturated carbocycles. The molecule has 19 heavy (non-hydrogen) atoms. The summed E-state index contributed by atoms with van der Waals surface area (Å²) in [4.78, 5) is 12.4. The number of piperidine rings is 1. The van der Waals surface area contributed by atoms with Crippen LogP contribution in [0.1, 0.15) is 37.0 Å². The van der Waals surface area contributed by atoms with Crippen LogP contribution in [0.25, 0.3) is 0 Å². The number of carbonyl (C=O) groups excluding carboxylic acids is 1. The van der Waals surface area contributed by atoms with Crippen molar-refractivity contribution in [3.63, 3.8) is 0 Å². The highest BCUT2D eigenvalue weighted by Crippen LogP contribution is 2.27.